The van der Waals surface area contributed by atoms with E-state index in [0.29, 0.717) is 28.3 Å². The molecule has 0 aliphatic carbocycles. The third-order valence-electron chi connectivity index (χ3n) is 2.66. The number of phenolic OH excluding ortho intramolecular Hbond substituents is 1. The summed E-state index contributed by atoms with van der Waals surface area (Å²) in [5, 5.41) is 20.0. The molecule has 3 nitrogen and oxygen atoms in total. The number of phenols is 1. The molecule has 1 rings (SSSR count). The number of benzene rings is 1. The van der Waals surface area contributed by atoms with Gasteiger partial charge in [0.05, 0.1) is 18.2 Å². The molecule has 16 heavy (non-hydrogen) atoms. The summed E-state index contributed by atoms with van der Waals surface area (Å²) in [6.45, 7) is 5.28. The minimum Gasteiger partial charge on any atom is -0.504 e. The van der Waals surface area contributed by atoms with Gasteiger partial charge in [0.15, 0.2) is 11.5 Å². The first-order chi connectivity index (χ1) is 7.40. The van der Waals surface area contributed by atoms with E-state index in [9.17, 15) is 10.2 Å². The first kappa shape index (κ1) is 13.1. The van der Waals surface area contributed by atoms with Crippen molar-refractivity contribution in [1.82, 2.24) is 0 Å². The van der Waals surface area contributed by atoms with Crippen molar-refractivity contribution in [2.24, 2.45) is 0 Å². The summed E-state index contributed by atoms with van der Waals surface area (Å²) < 4.78 is 5.12. The largest absolute Gasteiger partial charge is 0.504 e. The maximum Gasteiger partial charge on any atom is 0.165 e. The number of methoxy groups -OCH3 is 1. The molecular weight excluding hydrogens is 228 g/mol. The van der Waals surface area contributed by atoms with Crippen LogP contribution in [-0.4, -0.2) is 23.4 Å². The predicted molar refractivity (Wildman–Crippen MR) is 64.5 cm³/mol. The lowest BCUT2D eigenvalue weighted by atomic mass is 9.98. The van der Waals surface area contributed by atoms with E-state index in [1.54, 1.807) is 13.8 Å². The van der Waals surface area contributed by atoms with Crippen LogP contribution in [0.5, 0.6) is 11.5 Å². The molecule has 0 saturated heterocycles. The van der Waals surface area contributed by atoms with Gasteiger partial charge in [0.1, 0.15) is 0 Å². The standard InChI is InChI=1S/C12H17ClO3/c1-6(14)5-9-7(2)10(13)8(3)12(16-4)11(9)15/h6,14-15H,5H2,1-4H3. The van der Waals surface area contributed by atoms with Crippen molar-refractivity contribution < 1.29 is 14.9 Å². The molecule has 90 valence electrons. The number of rotatable bonds is 3. The fourth-order valence-corrected chi connectivity index (χ4v) is 2.00. The van der Waals surface area contributed by atoms with Crippen LogP contribution in [0.1, 0.15) is 23.6 Å². The van der Waals surface area contributed by atoms with Crippen molar-refractivity contribution in [2.75, 3.05) is 7.11 Å². The highest BCUT2D eigenvalue weighted by molar-refractivity contribution is 6.32. The van der Waals surface area contributed by atoms with Gasteiger partial charge in [-0.05, 0) is 26.3 Å². The van der Waals surface area contributed by atoms with Crippen LogP contribution in [0.3, 0.4) is 0 Å². The smallest absolute Gasteiger partial charge is 0.165 e. The third kappa shape index (κ3) is 2.25. The topological polar surface area (TPSA) is 49.7 Å². The fourth-order valence-electron chi connectivity index (χ4n) is 1.80. The lowest BCUT2D eigenvalue weighted by Gasteiger charge is -2.17. The predicted octanol–water partition coefficient (Wildman–Crippen LogP) is 2.59. The van der Waals surface area contributed by atoms with Gasteiger partial charge in [0.25, 0.3) is 0 Å². The normalized spacial score (nSPS) is 12.6. The molecule has 0 aliphatic rings. The first-order valence-corrected chi connectivity index (χ1v) is 5.50. The highest BCUT2D eigenvalue weighted by Gasteiger charge is 2.19. The van der Waals surface area contributed by atoms with E-state index in [4.69, 9.17) is 16.3 Å². The van der Waals surface area contributed by atoms with Crippen LogP contribution in [0, 0.1) is 13.8 Å². The third-order valence-corrected chi connectivity index (χ3v) is 3.22. The van der Waals surface area contributed by atoms with Crippen LogP contribution in [-0.2, 0) is 6.42 Å². The number of aliphatic hydroxyl groups excluding tert-OH is 1. The van der Waals surface area contributed by atoms with Crippen LogP contribution < -0.4 is 4.74 Å². The van der Waals surface area contributed by atoms with Crippen molar-refractivity contribution in [2.45, 2.75) is 33.3 Å². The van der Waals surface area contributed by atoms with Crippen LogP contribution in [0.25, 0.3) is 0 Å². The monoisotopic (exact) mass is 244 g/mol. The molecule has 0 spiro atoms. The molecule has 1 unspecified atom stereocenters. The Morgan fingerprint density at radius 2 is 1.88 bits per heavy atom. The Morgan fingerprint density at radius 3 is 2.31 bits per heavy atom. The second kappa shape index (κ2) is 4.93. The second-order valence-corrected chi connectivity index (χ2v) is 4.36. The van der Waals surface area contributed by atoms with E-state index >= 15 is 0 Å². The second-order valence-electron chi connectivity index (χ2n) is 3.98. The maximum absolute atomic E-state index is 10.0. The Bertz CT molecular complexity index is 400. The van der Waals surface area contributed by atoms with Crippen molar-refractivity contribution in [3.63, 3.8) is 0 Å². The van der Waals surface area contributed by atoms with E-state index in [2.05, 4.69) is 0 Å². The molecule has 1 aromatic carbocycles. The Hall–Kier alpha value is -0.930. The van der Waals surface area contributed by atoms with Crippen LogP contribution >= 0.6 is 11.6 Å². The molecular formula is C12H17ClO3. The minimum absolute atomic E-state index is 0.0720. The van der Waals surface area contributed by atoms with Gasteiger partial charge in [-0.1, -0.05) is 11.6 Å². The molecule has 0 heterocycles. The van der Waals surface area contributed by atoms with Crippen molar-refractivity contribution in [3.8, 4) is 11.5 Å². The molecule has 0 radical (unpaired) electrons. The van der Waals surface area contributed by atoms with E-state index < -0.39 is 6.10 Å². The number of ether oxygens (including phenoxy) is 1. The van der Waals surface area contributed by atoms with Gasteiger partial charge in [-0.15, -0.1) is 0 Å². The molecule has 0 fully saturated rings. The summed E-state index contributed by atoms with van der Waals surface area (Å²) in [7, 11) is 1.49. The Balaban J connectivity index is 3.43. The van der Waals surface area contributed by atoms with Crippen LogP contribution in [0.15, 0.2) is 0 Å². The zero-order chi connectivity index (χ0) is 12.5. The number of hydrogen-bond acceptors (Lipinski definition) is 3. The molecule has 0 aliphatic heterocycles. The lowest BCUT2D eigenvalue weighted by molar-refractivity contribution is 0.193. The molecule has 0 bridgehead atoms. The van der Waals surface area contributed by atoms with Gasteiger partial charge in [-0.3, -0.25) is 0 Å². The molecule has 1 aromatic rings. The summed E-state index contributed by atoms with van der Waals surface area (Å²) in [6, 6.07) is 0. The number of hydrogen-bond donors (Lipinski definition) is 2. The SMILES string of the molecule is COc1c(C)c(Cl)c(C)c(CC(C)O)c1O. The lowest BCUT2D eigenvalue weighted by Crippen LogP contribution is -2.07. The van der Waals surface area contributed by atoms with E-state index in [0.717, 1.165) is 5.56 Å². The Labute approximate surface area is 101 Å². The maximum atomic E-state index is 10.0. The van der Waals surface area contributed by atoms with Gasteiger partial charge < -0.3 is 14.9 Å². The van der Waals surface area contributed by atoms with Crippen LogP contribution in [0.4, 0.5) is 0 Å². The highest BCUT2D eigenvalue weighted by atomic mass is 35.5. The Kier molecular flexibility index (Phi) is 4.05. The molecule has 1 atom stereocenters. The van der Waals surface area contributed by atoms with E-state index in [1.165, 1.54) is 7.11 Å². The molecule has 4 heteroatoms. The van der Waals surface area contributed by atoms with E-state index in [1.807, 2.05) is 6.92 Å². The summed E-state index contributed by atoms with van der Waals surface area (Å²) in [5.74, 6) is 0.453. The summed E-state index contributed by atoms with van der Waals surface area (Å²) in [5.41, 5.74) is 2.15. The molecule has 0 saturated carbocycles. The first-order valence-electron chi connectivity index (χ1n) is 5.12. The summed E-state index contributed by atoms with van der Waals surface area (Å²) in [4.78, 5) is 0. The van der Waals surface area contributed by atoms with Gasteiger partial charge in [-0.2, -0.15) is 0 Å². The number of aliphatic hydroxyl groups is 1. The number of halogens is 1. The average molecular weight is 245 g/mol. The summed E-state index contributed by atoms with van der Waals surface area (Å²) in [6.07, 6.45) is -0.179. The zero-order valence-electron chi connectivity index (χ0n) is 9.97. The van der Waals surface area contributed by atoms with Gasteiger partial charge in [-0.25, -0.2) is 0 Å². The van der Waals surface area contributed by atoms with E-state index in [-0.39, 0.29) is 5.75 Å². The zero-order valence-corrected chi connectivity index (χ0v) is 10.7. The van der Waals surface area contributed by atoms with Gasteiger partial charge in [0, 0.05) is 17.5 Å². The molecule has 0 amide bonds. The van der Waals surface area contributed by atoms with Gasteiger partial charge >= 0.3 is 0 Å². The quantitative estimate of drug-likeness (QED) is 0.859. The van der Waals surface area contributed by atoms with Crippen molar-refractivity contribution in [3.05, 3.63) is 21.7 Å². The minimum atomic E-state index is -0.534. The summed E-state index contributed by atoms with van der Waals surface area (Å²) >= 11 is 6.15. The van der Waals surface area contributed by atoms with Crippen molar-refractivity contribution >= 4 is 11.6 Å². The molecule has 0 aromatic heterocycles. The fraction of sp³-hybridized carbons (Fsp3) is 0.500. The molecule has 2 N–H and O–H groups in total. The Morgan fingerprint density at radius 1 is 1.31 bits per heavy atom. The number of aromatic hydroxyl groups is 1. The average Bonchev–Trinajstić information content (AvgIpc) is 2.22. The highest BCUT2D eigenvalue weighted by Crippen LogP contribution is 2.41. The van der Waals surface area contributed by atoms with Gasteiger partial charge in [0.2, 0.25) is 0 Å². The van der Waals surface area contributed by atoms with Crippen molar-refractivity contribution in [1.29, 1.82) is 0 Å². The van der Waals surface area contributed by atoms with Crippen LogP contribution in [0.2, 0.25) is 5.02 Å².